The topological polar surface area (TPSA) is 64.0 Å². The Kier molecular flexibility index (Phi) is 5.30. The summed E-state index contributed by atoms with van der Waals surface area (Å²) in [7, 11) is 0. The van der Waals surface area contributed by atoms with Crippen LogP contribution in [0, 0.1) is 6.92 Å². The molecule has 0 saturated carbocycles. The zero-order valence-electron chi connectivity index (χ0n) is 14.3. The van der Waals surface area contributed by atoms with Crippen LogP contribution in [0.3, 0.4) is 0 Å². The maximum atomic E-state index is 12.6. The molecule has 7 heteroatoms. The van der Waals surface area contributed by atoms with Crippen LogP contribution >= 0.6 is 23.2 Å². The van der Waals surface area contributed by atoms with E-state index in [1.165, 1.54) is 10.9 Å². The van der Waals surface area contributed by atoms with E-state index >= 15 is 0 Å². The van der Waals surface area contributed by atoms with E-state index in [1.807, 2.05) is 19.9 Å². The van der Waals surface area contributed by atoms with Gasteiger partial charge in [0.15, 0.2) is 0 Å². The number of halogens is 2. The van der Waals surface area contributed by atoms with Gasteiger partial charge in [-0.3, -0.25) is 14.2 Å². The number of fused-ring (bicyclic) bond motifs is 1. The largest absolute Gasteiger partial charge is 0.348 e. The quantitative estimate of drug-likeness (QED) is 0.735. The van der Waals surface area contributed by atoms with Gasteiger partial charge in [-0.2, -0.15) is 0 Å². The summed E-state index contributed by atoms with van der Waals surface area (Å²) in [5.74, 6) is -0.292. The van der Waals surface area contributed by atoms with Crippen molar-refractivity contribution in [2.45, 2.75) is 26.4 Å². The smallest absolute Gasteiger partial charge is 0.261 e. The van der Waals surface area contributed by atoms with E-state index in [9.17, 15) is 9.59 Å². The van der Waals surface area contributed by atoms with Crippen molar-refractivity contribution in [3.63, 3.8) is 0 Å². The van der Waals surface area contributed by atoms with Crippen LogP contribution in [0.2, 0.25) is 10.0 Å². The molecule has 1 atom stereocenters. The second-order valence-corrected chi connectivity index (χ2v) is 6.93. The summed E-state index contributed by atoms with van der Waals surface area (Å²) in [6, 6.07) is 10.3. The fraction of sp³-hybridized carbons (Fsp3) is 0.211. The van der Waals surface area contributed by atoms with Gasteiger partial charge < -0.3 is 5.32 Å². The van der Waals surface area contributed by atoms with Gasteiger partial charge in [0.2, 0.25) is 5.91 Å². The monoisotopic (exact) mass is 389 g/mol. The molecule has 26 heavy (non-hydrogen) atoms. The summed E-state index contributed by atoms with van der Waals surface area (Å²) in [6.07, 6.45) is 1.40. The Morgan fingerprint density at radius 3 is 2.73 bits per heavy atom. The van der Waals surface area contributed by atoms with E-state index < -0.39 is 0 Å². The summed E-state index contributed by atoms with van der Waals surface area (Å²) >= 11 is 11.9. The highest BCUT2D eigenvalue weighted by atomic mass is 35.5. The summed E-state index contributed by atoms with van der Waals surface area (Å²) in [5.41, 5.74) is 2.16. The molecule has 1 N–H and O–H groups in total. The lowest BCUT2D eigenvalue weighted by molar-refractivity contribution is -0.122. The highest BCUT2D eigenvalue weighted by molar-refractivity contribution is 6.42. The van der Waals surface area contributed by atoms with Crippen molar-refractivity contribution in [2.24, 2.45) is 0 Å². The van der Waals surface area contributed by atoms with Crippen LogP contribution < -0.4 is 10.9 Å². The molecule has 0 radical (unpaired) electrons. The van der Waals surface area contributed by atoms with E-state index in [2.05, 4.69) is 10.3 Å². The van der Waals surface area contributed by atoms with Crippen molar-refractivity contribution >= 4 is 40.0 Å². The predicted octanol–water partition coefficient (Wildman–Crippen LogP) is 3.89. The van der Waals surface area contributed by atoms with Crippen molar-refractivity contribution in [3.05, 3.63) is 74.3 Å². The van der Waals surface area contributed by atoms with Crippen LogP contribution in [0.1, 0.15) is 24.1 Å². The summed E-state index contributed by atoms with van der Waals surface area (Å²) in [4.78, 5) is 29.2. The molecule has 3 rings (SSSR count). The van der Waals surface area contributed by atoms with Crippen LogP contribution in [0.25, 0.3) is 10.9 Å². The molecule has 0 bridgehead atoms. The van der Waals surface area contributed by atoms with Crippen LogP contribution in [0.4, 0.5) is 0 Å². The fourth-order valence-electron chi connectivity index (χ4n) is 2.76. The van der Waals surface area contributed by atoms with Crippen LogP contribution in [-0.4, -0.2) is 15.5 Å². The minimum absolute atomic E-state index is 0.110. The Balaban J connectivity index is 1.77. The van der Waals surface area contributed by atoms with Gasteiger partial charge in [-0.05, 0) is 43.2 Å². The van der Waals surface area contributed by atoms with Crippen molar-refractivity contribution in [1.82, 2.24) is 14.9 Å². The third kappa shape index (κ3) is 3.74. The minimum Gasteiger partial charge on any atom is -0.348 e. The average molecular weight is 390 g/mol. The number of nitrogens with one attached hydrogen (secondary N) is 1. The molecule has 0 fully saturated rings. The Labute approximate surface area is 160 Å². The molecule has 134 valence electrons. The van der Waals surface area contributed by atoms with E-state index in [0.29, 0.717) is 20.9 Å². The zero-order valence-corrected chi connectivity index (χ0v) is 15.8. The number of amides is 1. The number of aryl methyl sites for hydroxylation is 1. The molecule has 1 aromatic heterocycles. The summed E-state index contributed by atoms with van der Waals surface area (Å²) in [5, 5.41) is 4.23. The second-order valence-electron chi connectivity index (χ2n) is 6.11. The summed E-state index contributed by atoms with van der Waals surface area (Å²) in [6.45, 7) is 3.62. The van der Waals surface area contributed by atoms with Gasteiger partial charge in [-0.1, -0.05) is 41.4 Å². The normalized spacial score (nSPS) is 12.2. The number of para-hydroxylation sites is 1. The molecule has 1 unspecified atom stereocenters. The van der Waals surface area contributed by atoms with Crippen LogP contribution in [0.5, 0.6) is 0 Å². The lowest BCUT2D eigenvalue weighted by Crippen LogP contribution is -2.34. The van der Waals surface area contributed by atoms with E-state index in [4.69, 9.17) is 23.2 Å². The van der Waals surface area contributed by atoms with Crippen LogP contribution in [-0.2, 0) is 11.3 Å². The molecule has 3 aromatic rings. The first-order chi connectivity index (χ1) is 12.4. The third-order valence-electron chi connectivity index (χ3n) is 4.19. The standard InChI is InChI=1S/C19H17Cl2N3O2/c1-11-4-3-5-14-18(11)22-10-24(19(14)26)9-17(25)23-12(2)13-6-7-15(20)16(21)8-13/h3-8,10,12H,9H2,1-2H3,(H,23,25). The Bertz CT molecular complexity index is 1050. The molecule has 0 aliphatic rings. The highest BCUT2D eigenvalue weighted by Gasteiger charge is 2.13. The average Bonchev–Trinajstić information content (AvgIpc) is 2.60. The number of carbonyl (C=O) groups is 1. The van der Waals surface area contributed by atoms with E-state index in [1.54, 1.807) is 30.3 Å². The zero-order chi connectivity index (χ0) is 18.8. The molecular weight excluding hydrogens is 373 g/mol. The fourth-order valence-corrected chi connectivity index (χ4v) is 3.06. The van der Waals surface area contributed by atoms with Gasteiger partial charge in [0.1, 0.15) is 6.54 Å². The van der Waals surface area contributed by atoms with E-state index in [0.717, 1.165) is 11.1 Å². The van der Waals surface area contributed by atoms with Gasteiger partial charge >= 0.3 is 0 Å². The Morgan fingerprint density at radius 1 is 1.23 bits per heavy atom. The van der Waals surface area contributed by atoms with E-state index in [-0.39, 0.29) is 24.1 Å². The highest BCUT2D eigenvalue weighted by Crippen LogP contribution is 2.25. The molecule has 0 saturated heterocycles. The van der Waals surface area contributed by atoms with Crippen molar-refractivity contribution in [1.29, 1.82) is 0 Å². The van der Waals surface area contributed by atoms with Crippen molar-refractivity contribution in [2.75, 3.05) is 0 Å². The predicted molar refractivity (Wildman–Crippen MR) is 104 cm³/mol. The molecular formula is C19H17Cl2N3O2. The van der Waals surface area contributed by atoms with Gasteiger partial charge in [0.25, 0.3) is 5.56 Å². The maximum Gasteiger partial charge on any atom is 0.261 e. The number of nitrogens with zero attached hydrogens (tertiary/aromatic N) is 2. The number of rotatable bonds is 4. The van der Waals surface area contributed by atoms with Gasteiger partial charge in [0, 0.05) is 0 Å². The SMILES string of the molecule is Cc1cccc2c(=O)n(CC(=O)NC(C)c3ccc(Cl)c(Cl)c3)cnc12. The molecule has 0 aliphatic carbocycles. The first-order valence-corrected chi connectivity index (χ1v) is 8.81. The minimum atomic E-state index is -0.292. The van der Waals surface area contributed by atoms with Gasteiger partial charge in [-0.15, -0.1) is 0 Å². The number of hydrogen-bond acceptors (Lipinski definition) is 3. The van der Waals surface area contributed by atoms with Crippen molar-refractivity contribution in [3.8, 4) is 0 Å². The number of hydrogen-bond donors (Lipinski definition) is 1. The second kappa shape index (κ2) is 7.48. The number of carbonyl (C=O) groups excluding carboxylic acids is 1. The maximum absolute atomic E-state index is 12.6. The Morgan fingerprint density at radius 2 is 2.00 bits per heavy atom. The van der Waals surface area contributed by atoms with Gasteiger partial charge in [0.05, 0.1) is 33.3 Å². The Hall–Kier alpha value is -2.37. The summed E-state index contributed by atoms with van der Waals surface area (Å²) < 4.78 is 1.30. The lowest BCUT2D eigenvalue weighted by Gasteiger charge is -2.15. The molecule has 5 nitrogen and oxygen atoms in total. The molecule has 2 aromatic carbocycles. The number of benzene rings is 2. The first kappa shape index (κ1) is 18.4. The molecule has 0 spiro atoms. The van der Waals surface area contributed by atoms with Gasteiger partial charge in [-0.25, -0.2) is 4.98 Å². The number of aromatic nitrogens is 2. The lowest BCUT2D eigenvalue weighted by atomic mass is 10.1. The molecule has 0 aliphatic heterocycles. The third-order valence-corrected chi connectivity index (χ3v) is 4.93. The van der Waals surface area contributed by atoms with Crippen LogP contribution in [0.15, 0.2) is 47.5 Å². The first-order valence-electron chi connectivity index (χ1n) is 8.06. The molecule has 1 heterocycles. The molecule has 1 amide bonds. The van der Waals surface area contributed by atoms with Crippen molar-refractivity contribution < 1.29 is 4.79 Å².